The number of nitrogens with zero attached hydrogens (tertiary/aromatic N) is 4. The highest BCUT2D eigenvalue weighted by Gasteiger charge is 2.36. The highest BCUT2D eigenvalue weighted by atomic mass is 32.2. The first-order chi connectivity index (χ1) is 15.1. The number of aryl methyl sites for hydroxylation is 1. The molecule has 3 aromatic rings. The first-order valence-electron chi connectivity index (χ1n) is 10.6. The van der Waals surface area contributed by atoms with E-state index in [1.807, 2.05) is 31.2 Å². The van der Waals surface area contributed by atoms with Gasteiger partial charge in [0.1, 0.15) is 16.7 Å². The number of aromatic nitrogens is 2. The molecule has 0 saturated heterocycles. The zero-order valence-electron chi connectivity index (χ0n) is 18.9. The summed E-state index contributed by atoms with van der Waals surface area (Å²) in [6, 6.07) is 10.7. The SMILES string of the molecule is Cc1nn([C@H](C)C(=O)N2c3ccccc3C[C@H]2C)c(C)c1S(=O)(=O)N(C)Cc1ccco1. The van der Waals surface area contributed by atoms with Crippen LogP contribution < -0.4 is 4.90 Å². The number of sulfonamides is 1. The molecule has 0 N–H and O–H groups in total. The Morgan fingerprint density at radius 3 is 2.66 bits per heavy atom. The Morgan fingerprint density at radius 1 is 1.25 bits per heavy atom. The molecule has 0 radical (unpaired) electrons. The van der Waals surface area contributed by atoms with Crippen LogP contribution in [0.2, 0.25) is 0 Å². The van der Waals surface area contributed by atoms with Crippen LogP contribution in [0, 0.1) is 13.8 Å². The Hall–Kier alpha value is -2.91. The van der Waals surface area contributed by atoms with Crippen LogP contribution in [0.1, 0.15) is 42.6 Å². The molecule has 9 heteroatoms. The van der Waals surface area contributed by atoms with Gasteiger partial charge in [0.25, 0.3) is 5.91 Å². The van der Waals surface area contributed by atoms with Gasteiger partial charge < -0.3 is 9.32 Å². The normalized spacial score (nSPS) is 17.1. The molecular formula is C23H28N4O4S. The van der Waals surface area contributed by atoms with Crippen LogP contribution in [-0.2, 0) is 27.8 Å². The summed E-state index contributed by atoms with van der Waals surface area (Å²) in [5.74, 6) is 0.435. The first kappa shape index (κ1) is 22.3. The van der Waals surface area contributed by atoms with Gasteiger partial charge in [-0.25, -0.2) is 8.42 Å². The third-order valence-electron chi connectivity index (χ3n) is 6.05. The van der Waals surface area contributed by atoms with Crippen molar-refractivity contribution in [1.82, 2.24) is 14.1 Å². The van der Waals surface area contributed by atoms with Crippen molar-refractivity contribution in [3.05, 3.63) is 65.4 Å². The van der Waals surface area contributed by atoms with Crippen molar-refractivity contribution >= 4 is 21.6 Å². The van der Waals surface area contributed by atoms with Gasteiger partial charge in [-0.05, 0) is 57.9 Å². The fraction of sp³-hybridized carbons (Fsp3) is 0.391. The van der Waals surface area contributed by atoms with Gasteiger partial charge in [-0.2, -0.15) is 9.40 Å². The Morgan fingerprint density at radius 2 is 1.97 bits per heavy atom. The quantitative estimate of drug-likeness (QED) is 0.567. The second-order valence-electron chi connectivity index (χ2n) is 8.35. The summed E-state index contributed by atoms with van der Waals surface area (Å²) < 4.78 is 34.7. The molecule has 0 aliphatic carbocycles. The van der Waals surface area contributed by atoms with E-state index in [0.717, 1.165) is 17.7 Å². The Balaban J connectivity index is 1.65. The van der Waals surface area contributed by atoms with Gasteiger partial charge in [-0.15, -0.1) is 0 Å². The molecule has 0 spiro atoms. The lowest BCUT2D eigenvalue weighted by Gasteiger charge is -2.26. The molecule has 1 aromatic carbocycles. The summed E-state index contributed by atoms with van der Waals surface area (Å²) in [5, 5.41) is 4.47. The van der Waals surface area contributed by atoms with E-state index in [4.69, 9.17) is 4.42 Å². The third-order valence-corrected chi connectivity index (χ3v) is 8.11. The van der Waals surface area contributed by atoms with Crippen LogP contribution in [-0.4, -0.2) is 41.5 Å². The number of para-hydroxylation sites is 1. The number of benzene rings is 1. The summed E-state index contributed by atoms with van der Waals surface area (Å²) in [6.07, 6.45) is 2.30. The number of furan rings is 1. The molecule has 4 rings (SSSR count). The molecule has 1 aliphatic rings. The number of fused-ring (bicyclic) bond motifs is 1. The van der Waals surface area contributed by atoms with Gasteiger partial charge >= 0.3 is 0 Å². The van der Waals surface area contributed by atoms with Gasteiger partial charge in [0.15, 0.2) is 0 Å². The van der Waals surface area contributed by atoms with Crippen LogP contribution >= 0.6 is 0 Å². The van der Waals surface area contributed by atoms with Crippen LogP contribution in [0.5, 0.6) is 0 Å². The maximum absolute atomic E-state index is 13.5. The van der Waals surface area contributed by atoms with Crippen LogP contribution in [0.4, 0.5) is 5.69 Å². The van der Waals surface area contributed by atoms with E-state index in [9.17, 15) is 13.2 Å². The monoisotopic (exact) mass is 456 g/mol. The standard InChI is InChI=1S/C23H28N4O4S/c1-15-13-19-9-6-7-11-21(19)26(15)23(28)18(4)27-17(3)22(16(2)24-27)32(29,30)25(5)14-20-10-8-12-31-20/h6-12,15,18H,13-14H2,1-5H3/t15-,18-/m1/s1. The lowest BCUT2D eigenvalue weighted by Crippen LogP contribution is -2.40. The third kappa shape index (κ3) is 3.65. The molecule has 8 nitrogen and oxygen atoms in total. The number of carbonyl (C=O) groups is 1. The molecule has 2 aromatic heterocycles. The lowest BCUT2D eigenvalue weighted by atomic mass is 10.1. The highest BCUT2D eigenvalue weighted by Crippen LogP contribution is 2.34. The molecule has 3 heterocycles. The fourth-order valence-electron chi connectivity index (χ4n) is 4.47. The lowest BCUT2D eigenvalue weighted by molar-refractivity contribution is -0.121. The summed E-state index contributed by atoms with van der Waals surface area (Å²) in [5.41, 5.74) is 2.85. The molecule has 0 bridgehead atoms. The highest BCUT2D eigenvalue weighted by molar-refractivity contribution is 7.89. The zero-order valence-corrected chi connectivity index (χ0v) is 19.8. The van der Waals surface area contributed by atoms with E-state index in [1.165, 1.54) is 22.3 Å². The summed E-state index contributed by atoms with van der Waals surface area (Å²) in [4.78, 5) is 15.4. The fourth-order valence-corrected chi connectivity index (χ4v) is 5.96. The van der Waals surface area contributed by atoms with Gasteiger partial charge in [0.2, 0.25) is 10.0 Å². The van der Waals surface area contributed by atoms with Crippen LogP contribution in [0.15, 0.2) is 52.0 Å². The first-order valence-corrected chi connectivity index (χ1v) is 12.0. The van der Waals surface area contributed by atoms with Gasteiger partial charge in [-0.1, -0.05) is 18.2 Å². The molecule has 0 fully saturated rings. The van der Waals surface area contributed by atoms with E-state index < -0.39 is 16.1 Å². The van der Waals surface area contributed by atoms with Crippen molar-refractivity contribution in [3.8, 4) is 0 Å². The predicted octanol–water partition coefficient (Wildman–Crippen LogP) is 3.45. The Kier molecular flexibility index (Phi) is 5.72. The molecule has 0 saturated carbocycles. The topological polar surface area (TPSA) is 88.7 Å². The molecule has 2 atom stereocenters. The number of anilines is 1. The minimum Gasteiger partial charge on any atom is -0.468 e. The van der Waals surface area contributed by atoms with Gasteiger partial charge in [0, 0.05) is 18.8 Å². The summed E-state index contributed by atoms with van der Waals surface area (Å²) in [7, 11) is -2.32. The molecule has 0 unspecified atom stereocenters. The van der Waals surface area contributed by atoms with Gasteiger partial charge in [0.05, 0.1) is 24.2 Å². The van der Waals surface area contributed by atoms with Crippen molar-refractivity contribution in [2.24, 2.45) is 0 Å². The van der Waals surface area contributed by atoms with E-state index in [-0.39, 0.29) is 23.4 Å². The maximum atomic E-state index is 13.5. The number of rotatable bonds is 6. The van der Waals surface area contributed by atoms with E-state index in [1.54, 1.807) is 37.8 Å². The van der Waals surface area contributed by atoms with Crippen molar-refractivity contribution in [1.29, 1.82) is 0 Å². The van der Waals surface area contributed by atoms with E-state index in [0.29, 0.717) is 17.1 Å². The minimum atomic E-state index is -3.83. The maximum Gasteiger partial charge on any atom is 0.251 e. The zero-order chi connectivity index (χ0) is 23.2. The van der Waals surface area contributed by atoms with E-state index >= 15 is 0 Å². The number of carbonyl (C=O) groups excluding carboxylic acids is 1. The predicted molar refractivity (Wildman–Crippen MR) is 121 cm³/mol. The van der Waals surface area contributed by atoms with E-state index in [2.05, 4.69) is 5.10 Å². The van der Waals surface area contributed by atoms with Crippen LogP contribution in [0.25, 0.3) is 0 Å². The summed E-state index contributed by atoms with van der Waals surface area (Å²) in [6.45, 7) is 7.24. The number of amides is 1. The van der Waals surface area contributed by atoms with Gasteiger partial charge in [-0.3, -0.25) is 9.48 Å². The van der Waals surface area contributed by atoms with Crippen LogP contribution in [0.3, 0.4) is 0 Å². The molecule has 1 aliphatic heterocycles. The Bertz CT molecular complexity index is 1250. The smallest absolute Gasteiger partial charge is 0.251 e. The van der Waals surface area contributed by atoms with Crippen molar-refractivity contribution in [3.63, 3.8) is 0 Å². The summed E-state index contributed by atoms with van der Waals surface area (Å²) >= 11 is 0. The molecule has 1 amide bonds. The second-order valence-corrected chi connectivity index (χ2v) is 10.3. The minimum absolute atomic E-state index is 0.0296. The second kappa shape index (κ2) is 8.22. The van der Waals surface area contributed by atoms with Crippen molar-refractivity contribution < 1.29 is 17.6 Å². The molecular weight excluding hydrogens is 428 g/mol. The van der Waals surface area contributed by atoms with Crippen molar-refractivity contribution in [2.45, 2.75) is 57.6 Å². The Labute approximate surface area is 188 Å². The number of hydrogen-bond acceptors (Lipinski definition) is 5. The molecule has 32 heavy (non-hydrogen) atoms. The largest absolute Gasteiger partial charge is 0.468 e. The average molecular weight is 457 g/mol. The average Bonchev–Trinajstić information content (AvgIpc) is 3.44. The van der Waals surface area contributed by atoms with Crippen molar-refractivity contribution in [2.75, 3.05) is 11.9 Å². The number of hydrogen-bond donors (Lipinski definition) is 0. The molecule has 170 valence electrons.